The van der Waals surface area contributed by atoms with Gasteiger partial charge in [0, 0.05) is 12.2 Å². The lowest BCUT2D eigenvalue weighted by atomic mass is 10.2. The molecule has 0 aliphatic carbocycles. The number of carbonyl (C=O) groups is 1. The average molecular weight is 268 g/mol. The van der Waals surface area contributed by atoms with Crippen LogP contribution in [0.25, 0.3) is 11.0 Å². The Balaban J connectivity index is 2.55. The molecule has 2 heterocycles. The quantitative estimate of drug-likeness (QED) is 0.803. The summed E-state index contributed by atoms with van der Waals surface area (Å²) in [5.41, 5.74) is 0.942. The van der Waals surface area contributed by atoms with E-state index in [0.717, 1.165) is 0 Å². The SMILES string of the molecule is CCOC(=O)c1cnc2c(cnn2C(C)C)c1Cl. The van der Waals surface area contributed by atoms with Gasteiger partial charge in [-0.05, 0) is 20.8 Å². The fourth-order valence-electron chi connectivity index (χ4n) is 1.70. The fourth-order valence-corrected chi connectivity index (χ4v) is 1.96. The van der Waals surface area contributed by atoms with Crippen molar-refractivity contribution in [2.24, 2.45) is 0 Å². The summed E-state index contributed by atoms with van der Waals surface area (Å²) in [4.78, 5) is 15.9. The van der Waals surface area contributed by atoms with Crippen LogP contribution in [0.3, 0.4) is 0 Å². The van der Waals surface area contributed by atoms with E-state index in [0.29, 0.717) is 22.7 Å². The van der Waals surface area contributed by atoms with Gasteiger partial charge < -0.3 is 4.74 Å². The molecule has 5 nitrogen and oxygen atoms in total. The van der Waals surface area contributed by atoms with Gasteiger partial charge in [0.2, 0.25) is 0 Å². The molecular weight excluding hydrogens is 254 g/mol. The van der Waals surface area contributed by atoms with Crippen molar-refractivity contribution in [2.45, 2.75) is 26.8 Å². The minimum absolute atomic E-state index is 0.180. The number of hydrogen-bond acceptors (Lipinski definition) is 4. The molecule has 0 amide bonds. The number of nitrogens with zero attached hydrogens (tertiary/aromatic N) is 3. The molecule has 0 radical (unpaired) electrons. The molecule has 0 unspecified atom stereocenters. The molecule has 2 rings (SSSR count). The highest BCUT2D eigenvalue weighted by atomic mass is 35.5. The highest BCUT2D eigenvalue weighted by molar-refractivity contribution is 6.38. The summed E-state index contributed by atoms with van der Waals surface area (Å²) in [7, 11) is 0. The van der Waals surface area contributed by atoms with Crippen molar-refractivity contribution in [3.8, 4) is 0 Å². The Hall–Kier alpha value is -1.62. The van der Waals surface area contributed by atoms with Gasteiger partial charge in [0.05, 0.1) is 28.8 Å². The van der Waals surface area contributed by atoms with E-state index in [4.69, 9.17) is 16.3 Å². The molecule has 0 bridgehead atoms. The summed E-state index contributed by atoms with van der Waals surface area (Å²) in [6.07, 6.45) is 3.05. The Morgan fingerprint density at radius 1 is 1.50 bits per heavy atom. The Bertz CT molecular complexity index is 592. The van der Waals surface area contributed by atoms with Crippen molar-refractivity contribution in [2.75, 3.05) is 6.61 Å². The van der Waals surface area contributed by atoms with Crippen LogP contribution in [-0.4, -0.2) is 27.3 Å². The summed E-state index contributed by atoms with van der Waals surface area (Å²) in [5, 5.41) is 5.22. The van der Waals surface area contributed by atoms with Crippen LogP contribution in [0.1, 0.15) is 37.2 Å². The van der Waals surface area contributed by atoms with Gasteiger partial charge >= 0.3 is 5.97 Å². The molecule has 0 spiro atoms. The summed E-state index contributed by atoms with van der Waals surface area (Å²) in [6.45, 7) is 6.05. The minimum Gasteiger partial charge on any atom is -0.462 e. The summed E-state index contributed by atoms with van der Waals surface area (Å²) >= 11 is 6.20. The first kappa shape index (κ1) is 12.8. The third-order valence-electron chi connectivity index (χ3n) is 2.54. The zero-order valence-electron chi connectivity index (χ0n) is 10.5. The standard InChI is InChI=1S/C12H14ClN3O2/c1-4-18-12(17)9-5-14-11-8(10(9)13)6-15-16(11)7(2)3/h5-7H,4H2,1-3H3. The van der Waals surface area contributed by atoms with Crippen LogP contribution >= 0.6 is 11.6 Å². The Kier molecular flexibility index (Phi) is 3.52. The van der Waals surface area contributed by atoms with Crippen LogP contribution < -0.4 is 0 Å². The fraction of sp³-hybridized carbons (Fsp3) is 0.417. The van der Waals surface area contributed by atoms with Crippen molar-refractivity contribution >= 4 is 28.6 Å². The smallest absolute Gasteiger partial charge is 0.341 e. The number of carbonyl (C=O) groups excluding carboxylic acids is 1. The van der Waals surface area contributed by atoms with E-state index < -0.39 is 5.97 Å². The second-order valence-corrected chi connectivity index (χ2v) is 4.50. The predicted octanol–water partition coefficient (Wildman–Crippen LogP) is 2.84. The van der Waals surface area contributed by atoms with Gasteiger partial charge in [0.25, 0.3) is 0 Å². The zero-order valence-corrected chi connectivity index (χ0v) is 11.2. The zero-order chi connectivity index (χ0) is 13.3. The maximum Gasteiger partial charge on any atom is 0.341 e. The van der Waals surface area contributed by atoms with E-state index in [2.05, 4.69) is 10.1 Å². The second kappa shape index (κ2) is 4.94. The van der Waals surface area contributed by atoms with Gasteiger partial charge in [-0.2, -0.15) is 5.10 Å². The normalized spacial score (nSPS) is 11.2. The van der Waals surface area contributed by atoms with Crippen LogP contribution in [0.4, 0.5) is 0 Å². The molecular formula is C12H14ClN3O2. The average Bonchev–Trinajstić information content (AvgIpc) is 2.74. The number of esters is 1. The largest absolute Gasteiger partial charge is 0.462 e. The van der Waals surface area contributed by atoms with E-state index in [-0.39, 0.29) is 11.6 Å². The molecule has 0 aromatic carbocycles. The lowest BCUT2D eigenvalue weighted by molar-refractivity contribution is 0.0526. The van der Waals surface area contributed by atoms with Crippen molar-refractivity contribution < 1.29 is 9.53 Å². The Morgan fingerprint density at radius 2 is 2.22 bits per heavy atom. The van der Waals surface area contributed by atoms with Crippen molar-refractivity contribution in [1.82, 2.24) is 14.8 Å². The molecule has 0 N–H and O–H groups in total. The van der Waals surface area contributed by atoms with Crippen LogP contribution in [0.15, 0.2) is 12.4 Å². The maximum atomic E-state index is 11.7. The van der Waals surface area contributed by atoms with Crippen molar-refractivity contribution in [3.05, 3.63) is 23.0 Å². The predicted molar refractivity (Wildman–Crippen MR) is 68.9 cm³/mol. The molecule has 96 valence electrons. The molecule has 0 aliphatic rings. The third kappa shape index (κ3) is 2.06. The lowest BCUT2D eigenvalue weighted by Crippen LogP contribution is -2.07. The van der Waals surface area contributed by atoms with Gasteiger partial charge in [-0.1, -0.05) is 11.6 Å². The third-order valence-corrected chi connectivity index (χ3v) is 2.95. The number of rotatable bonds is 3. The van der Waals surface area contributed by atoms with Gasteiger partial charge in [0.15, 0.2) is 5.65 Å². The molecule has 0 saturated carbocycles. The first-order valence-corrected chi connectivity index (χ1v) is 6.12. The first-order valence-electron chi connectivity index (χ1n) is 5.75. The van der Waals surface area contributed by atoms with Crippen molar-refractivity contribution in [3.63, 3.8) is 0 Å². The van der Waals surface area contributed by atoms with E-state index >= 15 is 0 Å². The van der Waals surface area contributed by atoms with Gasteiger partial charge in [-0.25, -0.2) is 14.5 Å². The van der Waals surface area contributed by atoms with E-state index in [1.54, 1.807) is 17.8 Å². The van der Waals surface area contributed by atoms with Gasteiger partial charge in [0.1, 0.15) is 0 Å². The molecule has 0 atom stereocenters. The molecule has 0 saturated heterocycles. The van der Waals surface area contributed by atoms with Crippen molar-refractivity contribution in [1.29, 1.82) is 0 Å². The highest BCUT2D eigenvalue weighted by Gasteiger charge is 2.18. The van der Waals surface area contributed by atoms with Crippen LogP contribution in [-0.2, 0) is 4.74 Å². The van der Waals surface area contributed by atoms with Gasteiger partial charge in [-0.3, -0.25) is 0 Å². The monoisotopic (exact) mass is 267 g/mol. The molecule has 0 aliphatic heterocycles. The molecule has 2 aromatic heterocycles. The number of aromatic nitrogens is 3. The molecule has 0 fully saturated rings. The van der Waals surface area contributed by atoms with Crippen LogP contribution in [0, 0.1) is 0 Å². The van der Waals surface area contributed by atoms with E-state index in [1.807, 2.05) is 13.8 Å². The Labute approximate surface area is 110 Å². The highest BCUT2D eigenvalue weighted by Crippen LogP contribution is 2.27. The summed E-state index contributed by atoms with van der Waals surface area (Å²) in [5.74, 6) is -0.464. The van der Waals surface area contributed by atoms with Gasteiger partial charge in [-0.15, -0.1) is 0 Å². The number of pyridine rings is 1. The molecule has 2 aromatic rings. The molecule has 18 heavy (non-hydrogen) atoms. The summed E-state index contributed by atoms with van der Waals surface area (Å²) in [6, 6.07) is 0.180. The number of ether oxygens (including phenoxy) is 1. The topological polar surface area (TPSA) is 57.0 Å². The maximum absolute atomic E-state index is 11.7. The van der Waals surface area contributed by atoms with E-state index in [1.165, 1.54) is 6.20 Å². The summed E-state index contributed by atoms with van der Waals surface area (Å²) < 4.78 is 6.68. The Morgan fingerprint density at radius 3 is 2.83 bits per heavy atom. The minimum atomic E-state index is -0.464. The molecule has 6 heteroatoms. The number of halogens is 1. The second-order valence-electron chi connectivity index (χ2n) is 4.13. The first-order chi connectivity index (χ1) is 8.56. The van der Waals surface area contributed by atoms with E-state index in [9.17, 15) is 4.79 Å². The number of fused-ring (bicyclic) bond motifs is 1. The van der Waals surface area contributed by atoms with Crippen LogP contribution in [0.5, 0.6) is 0 Å². The van der Waals surface area contributed by atoms with Crippen LogP contribution in [0.2, 0.25) is 5.02 Å². The number of hydrogen-bond donors (Lipinski definition) is 0. The lowest BCUT2D eigenvalue weighted by Gasteiger charge is -2.07.